The zero-order valence-corrected chi connectivity index (χ0v) is 7.81. The molecule has 0 heterocycles. The Kier molecular flexibility index (Phi) is 2.22. The van der Waals surface area contributed by atoms with Crippen LogP contribution < -0.4 is 0 Å². The third kappa shape index (κ3) is 1.50. The van der Waals surface area contributed by atoms with Gasteiger partial charge in [0.1, 0.15) is 5.75 Å². The number of phenols is 1. The smallest absolute Gasteiger partial charge is 0.121 e. The molecule has 12 heavy (non-hydrogen) atoms. The Morgan fingerprint density at radius 1 is 1.25 bits per heavy atom. The molecule has 0 radical (unpaired) electrons. The lowest BCUT2D eigenvalue weighted by molar-refractivity contribution is 0.467. The van der Waals surface area contributed by atoms with Crippen LogP contribution in [0.5, 0.6) is 5.75 Å². The Hall–Kier alpha value is -1.24. The van der Waals surface area contributed by atoms with E-state index in [1.165, 1.54) is 0 Å². The maximum Gasteiger partial charge on any atom is 0.121 e. The SMILES string of the molecule is C=C(C)c1cc(C)c(O)c(C)c1. The summed E-state index contributed by atoms with van der Waals surface area (Å²) in [6, 6.07) is 3.90. The molecule has 0 bridgehead atoms. The van der Waals surface area contributed by atoms with Gasteiger partial charge in [-0.3, -0.25) is 0 Å². The molecule has 64 valence electrons. The summed E-state index contributed by atoms with van der Waals surface area (Å²) in [5.74, 6) is 0.389. The van der Waals surface area contributed by atoms with Crippen LogP contribution in [0.4, 0.5) is 0 Å². The van der Waals surface area contributed by atoms with Gasteiger partial charge in [0.25, 0.3) is 0 Å². The topological polar surface area (TPSA) is 20.2 Å². The number of allylic oxidation sites excluding steroid dienone is 1. The summed E-state index contributed by atoms with van der Waals surface area (Å²) in [6.07, 6.45) is 0. The van der Waals surface area contributed by atoms with Gasteiger partial charge in [-0.25, -0.2) is 0 Å². The van der Waals surface area contributed by atoms with E-state index in [1.807, 2.05) is 32.9 Å². The maximum absolute atomic E-state index is 9.48. The van der Waals surface area contributed by atoms with Crippen molar-refractivity contribution in [2.24, 2.45) is 0 Å². The molecule has 0 fully saturated rings. The summed E-state index contributed by atoms with van der Waals surface area (Å²) < 4.78 is 0. The van der Waals surface area contributed by atoms with Gasteiger partial charge in [-0.05, 0) is 49.6 Å². The largest absolute Gasteiger partial charge is 0.507 e. The second-order valence-electron chi connectivity index (χ2n) is 3.24. The average molecular weight is 162 g/mol. The molecule has 0 unspecified atom stereocenters. The van der Waals surface area contributed by atoms with Gasteiger partial charge >= 0.3 is 0 Å². The summed E-state index contributed by atoms with van der Waals surface area (Å²) in [5.41, 5.74) is 3.95. The van der Waals surface area contributed by atoms with Gasteiger partial charge in [0.15, 0.2) is 0 Å². The molecule has 1 heteroatoms. The van der Waals surface area contributed by atoms with Crippen molar-refractivity contribution in [3.63, 3.8) is 0 Å². The zero-order valence-electron chi connectivity index (χ0n) is 7.81. The van der Waals surface area contributed by atoms with E-state index in [0.717, 1.165) is 22.3 Å². The molecule has 1 nitrogen and oxygen atoms in total. The van der Waals surface area contributed by atoms with Crippen LogP contribution in [0.15, 0.2) is 18.7 Å². The minimum atomic E-state index is 0.389. The average Bonchev–Trinajstić information content (AvgIpc) is 1.99. The Labute approximate surface area is 73.4 Å². The summed E-state index contributed by atoms with van der Waals surface area (Å²) in [4.78, 5) is 0. The van der Waals surface area contributed by atoms with Crippen molar-refractivity contribution in [2.75, 3.05) is 0 Å². The van der Waals surface area contributed by atoms with E-state index in [2.05, 4.69) is 6.58 Å². The van der Waals surface area contributed by atoms with Crippen LogP contribution >= 0.6 is 0 Å². The molecule has 0 saturated heterocycles. The molecule has 0 amide bonds. The first-order valence-electron chi connectivity index (χ1n) is 3.98. The van der Waals surface area contributed by atoms with Crippen molar-refractivity contribution in [3.05, 3.63) is 35.4 Å². The predicted octanol–water partition coefficient (Wildman–Crippen LogP) is 3.04. The van der Waals surface area contributed by atoms with Gasteiger partial charge in [0.05, 0.1) is 0 Å². The van der Waals surface area contributed by atoms with Crippen molar-refractivity contribution < 1.29 is 5.11 Å². The number of aryl methyl sites for hydroxylation is 2. The normalized spacial score (nSPS) is 9.92. The third-order valence-corrected chi connectivity index (χ3v) is 1.98. The fourth-order valence-corrected chi connectivity index (χ4v) is 1.20. The zero-order chi connectivity index (χ0) is 9.30. The van der Waals surface area contributed by atoms with Crippen LogP contribution in [-0.2, 0) is 0 Å². The predicted molar refractivity (Wildman–Crippen MR) is 52.3 cm³/mol. The highest BCUT2D eigenvalue weighted by Gasteiger charge is 2.02. The van der Waals surface area contributed by atoms with Crippen molar-refractivity contribution >= 4 is 5.57 Å². The van der Waals surface area contributed by atoms with Crippen molar-refractivity contribution in [3.8, 4) is 5.75 Å². The quantitative estimate of drug-likeness (QED) is 0.673. The Morgan fingerprint density at radius 2 is 1.67 bits per heavy atom. The monoisotopic (exact) mass is 162 g/mol. The molecule has 0 aromatic heterocycles. The van der Waals surface area contributed by atoms with E-state index in [9.17, 15) is 5.11 Å². The fraction of sp³-hybridized carbons (Fsp3) is 0.273. The van der Waals surface area contributed by atoms with E-state index in [1.54, 1.807) is 0 Å². The summed E-state index contributed by atoms with van der Waals surface area (Å²) in [7, 11) is 0. The second-order valence-corrected chi connectivity index (χ2v) is 3.24. The number of aromatic hydroxyl groups is 1. The molecule has 1 N–H and O–H groups in total. The minimum absolute atomic E-state index is 0.389. The van der Waals surface area contributed by atoms with Crippen LogP contribution in [0.3, 0.4) is 0 Å². The summed E-state index contributed by atoms with van der Waals surface area (Å²) in [5, 5.41) is 9.48. The number of phenolic OH excluding ortho intramolecular Hbond substituents is 1. The Morgan fingerprint density at radius 3 is 2.00 bits per heavy atom. The van der Waals surface area contributed by atoms with Crippen LogP contribution in [0.2, 0.25) is 0 Å². The van der Waals surface area contributed by atoms with Gasteiger partial charge in [-0.1, -0.05) is 12.2 Å². The van der Waals surface area contributed by atoms with Crippen molar-refractivity contribution in [2.45, 2.75) is 20.8 Å². The van der Waals surface area contributed by atoms with Gasteiger partial charge in [0.2, 0.25) is 0 Å². The molecule has 0 aliphatic carbocycles. The highest BCUT2D eigenvalue weighted by molar-refractivity contribution is 5.64. The fourth-order valence-electron chi connectivity index (χ4n) is 1.20. The van der Waals surface area contributed by atoms with Crippen molar-refractivity contribution in [1.82, 2.24) is 0 Å². The lowest BCUT2D eigenvalue weighted by atomic mass is 10.0. The standard InChI is InChI=1S/C11H14O/c1-7(2)10-5-8(3)11(12)9(4)6-10/h5-6,12H,1H2,2-4H3. The minimum Gasteiger partial charge on any atom is -0.507 e. The van der Waals surface area contributed by atoms with Crippen LogP contribution in [0, 0.1) is 13.8 Å². The molecule has 1 aromatic carbocycles. The Balaban J connectivity index is 3.31. The number of rotatable bonds is 1. The first-order valence-corrected chi connectivity index (χ1v) is 3.98. The van der Waals surface area contributed by atoms with Gasteiger partial charge in [-0.15, -0.1) is 0 Å². The number of benzene rings is 1. The summed E-state index contributed by atoms with van der Waals surface area (Å²) in [6.45, 7) is 9.61. The third-order valence-electron chi connectivity index (χ3n) is 1.98. The van der Waals surface area contributed by atoms with E-state index in [4.69, 9.17) is 0 Å². The van der Waals surface area contributed by atoms with E-state index in [0.29, 0.717) is 5.75 Å². The molecule has 1 aromatic rings. The highest BCUT2D eigenvalue weighted by atomic mass is 16.3. The first-order chi connectivity index (χ1) is 5.52. The van der Waals surface area contributed by atoms with E-state index >= 15 is 0 Å². The lowest BCUT2D eigenvalue weighted by Crippen LogP contribution is -1.85. The lowest BCUT2D eigenvalue weighted by Gasteiger charge is -2.06. The molecule has 0 aliphatic rings. The molecule has 1 rings (SSSR count). The maximum atomic E-state index is 9.48. The van der Waals surface area contributed by atoms with Crippen LogP contribution in [-0.4, -0.2) is 5.11 Å². The van der Waals surface area contributed by atoms with E-state index in [-0.39, 0.29) is 0 Å². The van der Waals surface area contributed by atoms with Crippen LogP contribution in [0.25, 0.3) is 5.57 Å². The van der Waals surface area contributed by atoms with E-state index < -0.39 is 0 Å². The highest BCUT2D eigenvalue weighted by Crippen LogP contribution is 2.25. The van der Waals surface area contributed by atoms with Crippen LogP contribution in [0.1, 0.15) is 23.6 Å². The first kappa shape index (κ1) is 8.85. The summed E-state index contributed by atoms with van der Waals surface area (Å²) >= 11 is 0. The van der Waals surface area contributed by atoms with Gasteiger partial charge < -0.3 is 5.11 Å². The Bertz CT molecular complexity index is 301. The molecule has 0 atom stereocenters. The van der Waals surface area contributed by atoms with Crippen molar-refractivity contribution in [1.29, 1.82) is 0 Å². The molecule has 0 saturated carbocycles. The molecular weight excluding hydrogens is 148 g/mol. The molecular formula is C11H14O. The second kappa shape index (κ2) is 3.02. The number of hydrogen-bond acceptors (Lipinski definition) is 1. The van der Waals surface area contributed by atoms with Gasteiger partial charge in [-0.2, -0.15) is 0 Å². The molecule has 0 aliphatic heterocycles. The van der Waals surface area contributed by atoms with Gasteiger partial charge in [0, 0.05) is 0 Å². The molecule has 0 spiro atoms. The number of hydrogen-bond donors (Lipinski definition) is 1.